The molecule has 1 heterocycles. The molecule has 6 nitrogen and oxygen atoms in total. The van der Waals surface area contributed by atoms with Gasteiger partial charge in [-0.15, -0.1) is 0 Å². The maximum atomic E-state index is 13.1. The molecule has 0 aliphatic rings. The van der Waals surface area contributed by atoms with Crippen molar-refractivity contribution in [3.8, 4) is 11.4 Å². The molecule has 3 aromatic rings. The smallest absolute Gasteiger partial charge is 0.267 e. The van der Waals surface area contributed by atoms with Crippen LogP contribution in [0, 0.1) is 0 Å². The second-order valence-corrected chi connectivity index (χ2v) is 6.00. The van der Waals surface area contributed by atoms with Crippen LogP contribution >= 0.6 is 0 Å². The average Bonchev–Trinajstić information content (AvgIpc) is 2.67. The SMILES string of the molecule is CCCC(C)=NNc1nc2ccccc2c(=O)n1-c1cccc(OC)c1. The Bertz CT molecular complexity index is 1010. The van der Waals surface area contributed by atoms with Gasteiger partial charge in [-0.05, 0) is 37.6 Å². The van der Waals surface area contributed by atoms with Crippen molar-refractivity contribution in [1.82, 2.24) is 9.55 Å². The lowest BCUT2D eigenvalue weighted by Crippen LogP contribution is -2.23. The van der Waals surface area contributed by atoms with E-state index in [2.05, 4.69) is 22.4 Å². The number of methoxy groups -OCH3 is 1. The van der Waals surface area contributed by atoms with Crippen LogP contribution in [0.15, 0.2) is 58.4 Å². The molecule has 1 N–H and O–H groups in total. The maximum Gasteiger partial charge on any atom is 0.267 e. The van der Waals surface area contributed by atoms with E-state index in [-0.39, 0.29) is 5.56 Å². The fourth-order valence-electron chi connectivity index (χ4n) is 2.76. The predicted octanol–water partition coefficient (Wildman–Crippen LogP) is 3.98. The number of para-hydroxylation sites is 1. The molecule has 0 spiro atoms. The molecule has 2 aromatic carbocycles. The largest absolute Gasteiger partial charge is 0.497 e. The lowest BCUT2D eigenvalue weighted by molar-refractivity contribution is 0.414. The Labute approximate surface area is 152 Å². The minimum absolute atomic E-state index is 0.158. The first-order valence-corrected chi connectivity index (χ1v) is 8.59. The zero-order valence-corrected chi connectivity index (χ0v) is 15.2. The highest BCUT2D eigenvalue weighted by atomic mass is 16.5. The van der Waals surface area contributed by atoms with Gasteiger partial charge in [0.1, 0.15) is 5.75 Å². The van der Waals surface area contributed by atoms with Gasteiger partial charge in [0.2, 0.25) is 5.95 Å². The van der Waals surface area contributed by atoms with Gasteiger partial charge in [-0.25, -0.2) is 15.0 Å². The number of hydrazone groups is 1. The fourth-order valence-corrected chi connectivity index (χ4v) is 2.76. The van der Waals surface area contributed by atoms with Gasteiger partial charge in [-0.1, -0.05) is 31.5 Å². The summed E-state index contributed by atoms with van der Waals surface area (Å²) in [6.07, 6.45) is 1.88. The summed E-state index contributed by atoms with van der Waals surface area (Å²) in [4.78, 5) is 17.7. The van der Waals surface area contributed by atoms with Crippen molar-refractivity contribution in [3.05, 3.63) is 58.9 Å². The summed E-state index contributed by atoms with van der Waals surface area (Å²) in [5.74, 6) is 1.04. The molecule has 0 saturated heterocycles. The Morgan fingerprint density at radius 3 is 2.81 bits per heavy atom. The number of ether oxygens (including phenoxy) is 1. The van der Waals surface area contributed by atoms with Gasteiger partial charge in [0.25, 0.3) is 5.56 Å². The van der Waals surface area contributed by atoms with Gasteiger partial charge in [-0.2, -0.15) is 5.10 Å². The standard InChI is InChI=1S/C20H22N4O2/c1-4-8-14(2)22-23-20-21-18-12-6-5-11-17(18)19(25)24(20)15-9-7-10-16(13-15)26-3/h5-7,9-13H,4,8H2,1-3H3,(H,21,23). The summed E-state index contributed by atoms with van der Waals surface area (Å²) in [6, 6.07) is 14.6. The number of aromatic nitrogens is 2. The number of hydrogen-bond acceptors (Lipinski definition) is 5. The van der Waals surface area contributed by atoms with Gasteiger partial charge in [0, 0.05) is 11.8 Å². The highest BCUT2D eigenvalue weighted by Crippen LogP contribution is 2.20. The molecule has 3 rings (SSSR count). The third kappa shape index (κ3) is 3.59. The van der Waals surface area contributed by atoms with Crippen LogP contribution in [0.25, 0.3) is 16.6 Å². The molecule has 0 bridgehead atoms. The quantitative estimate of drug-likeness (QED) is 0.539. The first-order valence-electron chi connectivity index (χ1n) is 8.59. The van der Waals surface area contributed by atoms with E-state index in [1.807, 2.05) is 43.3 Å². The molecule has 6 heteroatoms. The van der Waals surface area contributed by atoms with Crippen LogP contribution in [0.1, 0.15) is 26.7 Å². The number of nitrogens with zero attached hydrogens (tertiary/aromatic N) is 3. The third-order valence-electron chi connectivity index (χ3n) is 4.05. The molecular weight excluding hydrogens is 328 g/mol. The van der Waals surface area contributed by atoms with Crippen LogP contribution in [-0.2, 0) is 0 Å². The van der Waals surface area contributed by atoms with E-state index < -0.39 is 0 Å². The summed E-state index contributed by atoms with van der Waals surface area (Å²) in [5.41, 5.74) is 5.05. The molecule has 0 atom stereocenters. The number of fused-ring (bicyclic) bond motifs is 1. The average molecular weight is 350 g/mol. The molecule has 0 unspecified atom stereocenters. The molecule has 0 fully saturated rings. The number of anilines is 1. The van der Waals surface area contributed by atoms with Crippen LogP contribution < -0.4 is 15.7 Å². The lowest BCUT2D eigenvalue weighted by Gasteiger charge is -2.14. The Hall–Kier alpha value is -3.15. The van der Waals surface area contributed by atoms with E-state index in [0.29, 0.717) is 28.3 Å². The van der Waals surface area contributed by atoms with Crippen LogP contribution in [0.5, 0.6) is 5.75 Å². The van der Waals surface area contributed by atoms with Gasteiger partial charge in [0.05, 0.1) is 23.7 Å². The fraction of sp³-hybridized carbons (Fsp3) is 0.250. The van der Waals surface area contributed by atoms with Crippen molar-refractivity contribution in [2.24, 2.45) is 5.10 Å². The zero-order valence-electron chi connectivity index (χ0n) is 15.2. The number of hydrogen-bond donors (Lipinski definition) is 1. The van der Waals surface area contributed by atoms with E-state index in [4.69, 9.17) is 4.74 Å². The van der Waals surface area contributed by atoms with Gasteiger partial charge < -0.3 is 4.74 Å². The van der Waals surface area contributed by atoms with Crippen LogP contribution in [0.4, 0.5) is 5.95 Å². The van der Waals surface area contributed by atoms with E-state index in [1.54, 1.807) is 19.2 Å². The normalized spacial score (nSPS) is 11.6. The summed E-state index contributed by atoms with van der Waals surface area (Å²) < 4.78 is 6.81. The summed E-state index contributed by atoms with van der Waals surface area (Å²) in [7, 11) is 1.60. The Balaban J connectivity index is 2.20. The van der Waals surface area contributed by atoms with Crippen LogP contribution in [0.2, 0.25) is 0 Å². The molecule has 0 aliphatic carbocycles. The van der Waals surface area contributed by atoms with Gasteiger partial charge in [0.15, 0.2) is 0 Å². The Kier molecular flexibility index (Phi) is 5.31. The van der Waals surface area contributed by atoms with Crippen molar-refractivity contribution in [2.45, 2.75) is 26.7 Å². The van der Waals surface area contributed by atoms with Crippen molar-refractivity contribution < 1.29 is 4.74 Å². The van der Waals surface area contributed by atoms with Crippen molar-refractivity contribution in [1.29, 1.82) is 0 Å². The third-order valence-corrected chi connectivity index (χ3v) is 4.05. The highest BCUT2D eigenvalue weighted by Gasteiger charge is 2.13. The molecule has 134 valence electrons. The van der Waals surface area contributed by atoms with E-state index in [9.17, 15) is 4.79 Å². The first-order chi connectivity index (χ1) is 12.6. The number of nitrogens with one attached hydrogen (secondary N) is 1. The molecule has 1 aromatic heterocycles. The molecule has 0 amide bonds. The van der Waals surface area contributed by atoms with Crippen molar-refractivity contribution in [3.63, 3.8) is 0 Å². The first kappa shape index (κ1) is 17.7. The zero-order chi connectivity index (χ0) is 18.5. The summed E-state index contributed by atoms with van der Waals surface area (Å²) >= 11 is 0. The lowest BCUT2D eigenvalue weighted by atomic mass is 10.2. The van der Waals surface area contributed by atoms with Gasteiger partial charge >= 0.3 is 0 Å². The van der Waals surface area contributed by atoms with E-state index in [1.165, 1.54) is 4.57 Å². The van der Waals surface area contributed by atoms with Crippen molar-refractivity contribution >= 4 is 22.6 Å². The molecular formula is C20H22N4O2. The Morgan fingerprint density at radius 2 is 2.04 bits per heavy atom. The minimum Gasteiger partial charge on any atom is -0.497 e. The van der Waals surface area contributed by atoms with Crippen molar-refractivity contribution in [2.75, 3.05) is 12.5 Å². The molecule has 0 saturated carbocycles. The van der Waals surface area contributed by atoms with E-state index >= 15 is 0 Å². The molecule has 26 heavy (non-hydrogen) atoms. The second kappa shape index (κ2) is 7.82. The monoisotopic (exact) mass is 350 g/mol. The molecule has 0 radical (unpaired) electrons. The number of rotatable bonds is 6. The van der Waals surface area contributed by atoms with E-state index in [0.717, 1.165) is 18.6 Å². The highest BCUT2D eigenvalue weighted by molar-refractivity contribution is 5.83. The predicted molar refractivity (Wildman–Crippen MR) is 106 cm³/mol. The summed E-state index contributed by atoms with van der Waals surface area (Å²) in [6.45, 7) is 4.05. The number of benzene rings is 2. The second-order valence-electron chi connectivity index (χ2n) is 6.00. The van der Waals surface area contributed by atoms with Crippen LogP contribution in [-0.4, -0.2) is 22.4 Å². The summed E-state index contributed by atoms with van der Waals surface area (Å²) in [5, 5.41) is 4.93. The Morgan fingerprint density at radius 1 is 1.23 bits per heavy atom. The topological polar surface area (TPSA) is 68.5 Å². The maximum absolute atomic E-state index is 13.1. The van der Waals surface area contributed by atoms with Gasteiger partial charge in [-0.3, -0.25) is 4.79 Å². The minimum atomic E-state index is -0.158. The molecule has 0 aliphatic heterocycles. The van der Waals surface area contributed by atoms with Crippen LogP contribution in [0.3, 0.4) is 0 Å².